The smallest absolute Gasteiger partial charge is 0.420 e. The minimum Gasteiger partial charge on any atom is -0.490 e. The summed E-state index contributed by atoms with van der Waals surface area (Å²) in [6.07, 6.45) is -5.04. The third-order valence-electron chi connectivity index (χ3n) is 3.41. The quantitative estimate of drug-likeness (QED) is 0.718. The number of aromatic carboxylic acids is 1. The van der Waals surface area contributed by atoms with Crippen LogP contribution in [0.5, 0.6) is 5.75 Å². The van der Waals surface area contributed by atoms with E-state index in [2.05, 4.69) is 4.74 Å². The first-order valence-corrected chi connectivity index (χ1v) is 7.53. The van der Waals surface area contributed by atoms with Crippen molar-refractivity contribution in [3.05, 3.63) is 58.4 Å². The molecule has 0 aliphatic carbocycles. The van der Waals surface area contributed by atoms with E-state index in [1.54, 1.807) is 0 Å². The highest BCUT2D eigenvalue weighted by Gasteiger charge is 2.37. The van der Waals surface area contributed by atoms with Crippen molar-refractivity contribution in [2.24, 2.45) is 0 Å². The van der Waals surface area contributed by atoms with Crippen LogP contribution in [0.15, 0.2) is 24.3 Å². The molecule has 0 atom stereocenters. The second-order valence-electron chi connectivity index (χ2n) is 5.34. The normalized spacial score (nSPS) is 11.2. The zero-order valence-electron chi connectivity index (χ0n) is 14.0. The molecule has 0 heterocycles. The number of benzene rings is 2. The van der Waals surface area contributed by atoms with Gasteiger partial charge in [0.1, 0.15) is 22.8 Å². The predicted molar refractivity (Wildman–Crippen MR) is 83.8 cm³/mol. The number of hydrogen-bond acceptors (Lipinski definition) is 3. The molecule has 2 rings (SSSR count). The van der Waals surface area contributed by atoms with Gasteiger partial charge in [0.2, 0.25) is 0 Å². The highest BCUT2D eigenvalue weighted by molar-refractivity contribution is 6.04. The standard InChI is InChI=1S/C17H11F6NO4/c1-2-28-14-9(17(21,22)23)3-7(4-12(14)20)15(25)24-8-5-10(18)13(16(26)27)11(19)6-8/h3-6H,2H2,1H3,(H,24,25)(H,26,27). The van der Waals surface area contributed by atoms with Crippen LogP contribution in [0.4, 0.5) is 32.0 Å². The first-order valence-electron chi connectivity index (χ1n) is 7.53. The molecule has 0 fully saturated rings. The molecule has 0 aliphatic rings. The molecule has 28 heavy (non-hydrogen) atoms. The van der Waals surface area contributed by atoms with E-state index in [0.717, 1.165) is 0 Å². The average molecular weight is 407 g/mol. The number of hydrogen-bond donors (Lipinski definition) is 2. The van der Waals surface area contributed by atoms with Crippen molar-refractivity contribution in [1.82, 2.24) is 0 Å². The van der Waals surface area contributed by atoms with Gasteiger partial charge in [0.15, 0.2) is 11.6 Å². The Morgan fingerprint density at radius 1 is 1.04 bits per heavy atom. The highest BCUT2D eigenvalue weighted by Crippen LogP contribution is 2.38. The first-order chi connectivity index (χ1) is 13.0. The zero-order valence-corrected chi connectivity index (χ0v) is 14.0. The van der Waals surface area contributed by atoms with Crippen molar-refractivity contribution < 1.29 is 45.8 Å². The van der Waals surface area contributed by atoms with E-state index in [0.29, 0.717) is 24.3 Å². The Morgan fingerprint density at radius 2 is 1.61 bits per heavy atom. The van der Waals surface area contributed by atoms with Gasteiger partial charge in [-0.05, 0) is 31.2 Å². The summed E-state index contributed by atoms with van der Waals surface area (Å²) in [5.74, 6) is -8.78. The molecular weight excluding hydrogens is 396 g/mol. The summed E-state index contributed by atoms with van der Waals surface area (Å²) in [5, 5.41) is 10.6. The predicted octanol–water partition coefficient (Wildman–Crippen LogP) is 4.47. The van der Waals surface area contributed by atoms with Gasteiger partial charge in [-0.2, -0.15) is 13.2 Å². The summed E-state index contributed by atoms with van der Waals surface area (Å²) in [7, 11) is 0. The summed E-state index contributed by atoms with van der Waals surface area (Å²) in [5.41, 5.74) is -4.19. The van der Waals surface area contributed by atoms with Gasteiger partial charge in [-0.1, -0.05) is 0 Å². The highest BCUT2D eigenvalue weighted by atomic mass is 19.4. The molecule has 0 radical (unpaired) electrons. The lowest BCUT2D eigenvalue weighted by Gasteiger charge is -2.15. The lowest BCUT2D eigenvalue weighted by atomic mass is 10.1. The van der Waals surface area contributed by atoms with Crippen LogP contribution in [0.3, 0.4) is 0 Å². The van der Waals surface area contributed by atoms with Gasteiger partial charge in [-0.3, -0.25) is 4.79 Å². The lowest BCUT2D eigenvalue weighted by Crippen LogP contribution is -2.17. The summed E-state index contributed by atoms with van der Waals surface area (Å²) in [4.78, 5) is 22.8. The van der Waals surface area contributed by atoms with Crippen LogP contribution in [-0.4, -0.2) is 23.6 Å². The van der Waals surface area contributed by atoms with E-state index in [1.165, 1.54) is 6.92 Å². The Hall–Kier alpha value is -3.24. The van der Waals surface area contributed by atoms with Crippen LogP contribution < -0.4 is 10.1 Å². The molecule has 0 saturated carbocycles. The average Bonchev–Trinajstić information content (AvgIpc) is 2.54. The monoisotopic (exact) mass is 407 g/mol. The fourth-order valence-electron chi connectivity index (χ4n) is 2.28. The number of carbonyl (C=O) groups is 2. The van der Waals surface area contributed by atoms with E-state index in [9.17, 15) is 35.9 Å². The lowest BCUT2D eigenvalue weighted by molar-refractivity contribution is -0.139. The third-order valence-corrected chi connectivity index (χ3v) is 3.41. The van der Waals surface area contributed by atoms with Crippen molar-refractivity contribution in [1.29, 1.82) is 0 Å². The van der Waals surface area contributed by atoms with E-state index < -0.39 is 63.6 Å². The van der Waals surface area contributed by atoms with Gasteiger partial charge in [-0.15, -0.1) is 0 Å². The molecule has 0 aromatic heterocycles. The van der Waals surface area contributed by atoms with Crippen LogP contribution in [0, 0.1) is 17.5 Å². The van der Waals surface area contributed by atoms with Crippen LogP contribution in [0.25, 0.3) is 0 Å². The number of rotatable bonds is 5. The van der Waals surface area contributed by atoms with Crippen LogP contribution in [0.2, 0.25) is 0 Å². The number of alkyl halides is 3. The van der Waals surface area contributed by atoms with Crippen LogP contribution >= 0.6 is 0 Å². The Balaban J connectivity index is 2.42. The fourth-order valence-corrected chi connectivity index (χ4v) is 2.28. The summed E-state index contributed by atoms with van der Waals surface area (Å²) in [6, 6.07) is 1.70. The van der Waals surface area contributed by atoms with Gasteiger partial charge in [0.05, 0.1) is 6.61 Å². The molecular formula is C17H11F6NO4. The van der Waals surface area contributed by atoms with Gasteiger partial charge in [0.25, 0.3) is 5.91 Å². The third kappa shape index (κ3) is 4.35. The number of amides is 1. The van der Waals surface area contributed by atoms with Crippen molar-refractivity contribution in [2.75, 3.05) is 11.9 Å². The van der Waals surface area contributed by atoms with Gasteiger partial charge in [-0.25, -0.2) is 18.0 Å². The molecule has 150 valence electrons. The Kier molecular flexibility index (Phi) is 5.86. The first kappa shape index (κ1) is 21.1. The molecule has 0 spiro atoms. The van der Waals surface area contributed by atoms with Crippen molar-refractivity contribution in [2.45, 2.75) is 13.1 Å². The van der Waals surface area contributed by atoms with Gasteiger partial charge in [0, 0.05) is 11.3 Å². The molecule has 0 aliphatic heterocycles. The minimum absolute atomic E-state index is 0.264. The Labute approximate surface area is 153 Å². The Morgan fingerprint density at radius 3 is 2.07 bits per heavy atom. The van der Waals surface area contributed by atoms with Crippen molar-refractivity contribution >= 4 is 17.6 Å². The van der Waals surface area contributed by atoms with Crippen molar-refractivity contribution in [3.63, 3.8) is 0 Å². The molecule has 0 unspecified atom stereocenters. The van der Waals surface area contributed by atoms with Gasteiger partial charge >= 0.3 is 12.1 Å². The minimum atomic E-state index is -5.04. The molecule has 11 heteroatoms. The molecule has 2 N–H and O–H groups in total. The second-order valence-corrected chi connectivity index (χ2v) is 5.34. The maximum Gasteiger partial charge on any atom is 0.420 e. The topological polar surface area (TPSA) is 75.6 Å². The number of ether oxygens (including phenoxy) is 1. The number of anilines is 1. The van der Waals surface area contributed by atoms with E-state index in [4.69, 9.17) is 5.11 Å². The number of halogens is 6. The van der Waals surface area contributed by atoms with E-state index >= 15 is 0 Å². The SMILES string of the molecule is CCOc1c(F)cc(C(=O)Nc2cc(F)c(C(=O)O)c(F)c2)cc1C(F)(F)F. The van der Waals surface area contributed by atoms with Gasteiger partial charge < -0.3 is 15.2 Å². The molecule has 2 aromatic rings. The summed E-state index contributed by atoms with van der Waals surface area (Å²) < 4.78 is 85.3. The number of carboxylic acid groups (broad SMARTS) is 1. The number of carboxylic acids is 1. The van der Waals surface area contributed by atoms with Crippen LogP contribution in [-0.2, 0) is 6.18 Å². The second kappa shape index (κ2) is 7.79. The van der Waals surface area contributed by atoms with E-state index in [-0.39, 0.29) is 6.61 Å². The van der Waals surface area contributed by atoms with E-state index in [1.807, 2.05) is 5.32 Å². The molecule has 0 saturated heterocycles. The zero-order chi connectivity index (χ0) is 21.2. The number of nitrogens with one attached hydrogen (secondary N) is 1. The van der Waals surface area contributed by atoms with Crippen LogP contribution in [0.1, 0.15) is 33.2 Å². The molecule has 1 amide bonds. The largest absolute Gasteiger partial charge is 0.490 e. The molecule has 5 nitrogen and oxygen atoms in total. The maximum atomic E-state index is 14.0. The molecule has 0 bridgehead atoms. The fraction of sp³-hybridized carbons (Fsp3) is 0.176. The summed E-state index contributed by atoms with van der Waals surface area (Å²) in [6.45, 7) is 1.07. The van der Waals surface area contributed by atoms with Crippen molar-refractivity contribution in [3.8, 4) is 5.75 Å². The maximum absolute atomic E-state index is 14.0. The molecule has 2 aromatic carbocycles. The number of carbonyl (C=O) groups excluding carboxylic acids is 1. The summed E-state index contributed by atoms with van der Waals surface area (Å²) >= 11 is 0. The Bertz CT molecular complexity index is 919.